The van der Waals surface area contributed by atoms with Gasteiger partial charge in [-0.25, -0.2) is 4.39 Å². The van der Waals surface area contributed by atoms with Gasteiger partial charge in [0.2, 0.25) is 11.8 Å². The van der Waals surface area contributed by atoms with Gasteiger partial charge < -0.3 is 10.2 Å². The Balaban J connectivity index is 1.65. The molecule has 1 saturated carbocycles. The molecule has 1 heterocycles. The molecule has 0 spiro atoms. The van der Waals surface area contributed by atoms with Crippen LogP contribution in [0.4, 0.5) is 4.39 Å². The molecule has 3 rings (SSSR count). The normalized spacial score (nSPS) is 22.9. The maximum absolute atomic E-state index is 13.2. The summed E-state index contributed by atoms with van der Waals surface area (Å²) in [5.74, 6) is 0.00636. The highest BCUT2D eigenvalue weighted by Gasteiger charge is 2.40. The van der Waals surface area contributed by atoms with E-state index >= 15 is 0 Å². The number of rotatable bonds is 4. The minimum Gasteiger partial charge on any atom is -0.344 e. The van der Waals surface area contributed by atoms with Crippen LogP contribution in [0, 0.1) is 11.7 Å². The lowest BCUT2D eigenvalue weighted by Crippen LogP contribution is -2.46. The Morgan fingerprint density at radius 2 is 2.10 bits per heavy atom. The van der Waals surface area contributed by atoms with Gasteiger partial charge in [-0.15, -0.1) is 0 Å². The molecule has 112 valence electrons. The van der Waals surface area contributed by atoms with Gasteiger partial charge in [-0.3, -0.25) is 9.59 Å². The van der Waals surface area contributed by atoms with Gasteiger partial charge >= 0.3 is 0 Å². The smallest absolute Gasteiger partial charge is 0.245 e. The molecule has 1 aliphatic heterocycles. The monoisotopic (exact) mass is 290 g/mol. The first kappa shape index (κ1) is 14.0. The van der Waals surface area contributed by atoms with Gasteiger partial charge in [0.15, 0.2) is 0 Å². The van der Waals surface area contributed by atoms with E-state index in [1.165, 1.54) is 12.1 Å². The zero-order valence-electron chi connectivity index (χ0n) is 11.8. The van der Waals surface area contributed by atoms with Gasteiger partial charge in [0.25, 0.3) is 0 Å². The molecule has 2 fully saturated rings. The molecule has 2 amide bonds. The Bertz CT molecular complexity index is 557. The van der Waals surface area contributed by atoms with E-state index in [9.17, 15) is 14.0 Å². The summed E-state index contributed by atoms with van der Waals surface area (Å²) in [6, 6.07) is 6.07. The van der Waals surface area contributed by atoms with Crippen molar-refractivity contribution in [2.75, 3.05) is 13.1 Å². The first-order valence-corrected chi connectivity index (χ1v) is 7.46. The highest BCUT2D eigenvalue weighted by molar-refractivity contribution is 5.90. The Hall–Kier alpha value is -1.91. The van der Waals surface area contributed by atoms with Crippen molar-refractivity contribution in [1.82, 2.24) is 10.2 Å². The van der Waals surface area contributed by atoms with E-state index in [4.69, 9.17) is 0 Å². The Morgan fingerprint density at radius 1 is 1.29 bits per heavy atom. The average Bonchev–Trinajstić information content (AvgIpc) is 3.28. The maximum atomic E-state index is 13.2. The van der Waals surface area contributed by atoms with Crippen LogP contribution in [-0.2, 0) is 16.0 Å². The van der Waals surface area contributed by atoms with Gasteiger partial charge in [-0.2, -0.15) is 0 Å². The number of halogens is 1. The number of nitrogens with one attached hydrogen (secondary N) is 1. The second-order valence-corrected chi connectivity index (χ2v) is 5.84. The molecular weight excluding hydrogens is 271 g/mol. The minimum absolute atomic E-state index is 0.0137. The fourth-order valence-corrected chi connectivity index (χ4v) is 2.78. The topological polar surface area (TPSA) is 49.4 Å². The SMILES string of the molecule is O=C1CCN(CCc2cccc(F)c2)C(=O)C(C2CC2)N1. The summed E-state index contributed by atoms with van der Waals surface area (Å²) in [6.45, 7) is 0.976. The molecule has 0 radical (unpaired) electrons. The van der Waals surface area contributed by atoms with Crippen LogP contribution in [0.15, 0.2) is 24.3 Å². The van der Waals surface area contributed by atoms with Crippen molar-refractivity contribution < 1.29 is 14.0 Å². The molecule has 1 aromatic rings. The quantitative estimate of drug-likeness (QED) is 0.913. The Morgan fingerprint density at radius 3 is 2.81 bits per heavy atom. The molecule has 0 aromatic heterocycles. The van der Waals surface area contributed by atoms with Crippen LogP contribution in [0.3, 0.4) is 0 Å². The van der Waals surface area contributed by atoms with E-state index in [-0.39, 0.29) is 23.7 Å². The number of carbonyl (C=O) groups is 2. The fraction of sp³-hybridized carbons (Fsp3) is 0.500. The van der Waals surface area contributed by atoms with Gasteiger partial charge in [0, 0.05) is 19.5 Å². The summed E-state index contributed by atoms with van der Waals surface area (Å²) < 4.78 is 13.2. The highest BCUT2D eigenvalue weighted by Crippen LogP contribution is 2.34. The summed E-state index contributed by atoms with van der Waals surface area (Å²) in [7, 11) is 0. The molecule has 5 heteroatoms. The molecule has 1 saturated heterocycles. The van der Waals surface area contributed by atoms with E-state index in [1.54, 1.807) is 11.0 Å². The van der Waals surface area contributed by atoms with Crippen LogP contribution >= 0.6 is 0 Å². The van der Waals surface area contributed by atoms with Crippen molar-refractivity contribution in [1.29, 1.82) is 0 Å². The van der Waals surface area contributed by atoms with Crippen molar-refractivity contribution in [3.63, 3.8) is 0 Å². The fourth-order valence-electron chi connectivity index (χ4n) is 2.78. The first-order valence-electron chi connectivity index (χ1n) is 7.46. The van der Waals surface area contributed by atoms with Gasteiger partial charge in [-0.05, 0) is 42.9 Å². The van der Waals surface area contributed by atoms with E-state index in [0.29, 0.717) is 31.8 Å². The van der Waals surface area contributed by atoms with E-state index in [1.807, 2.05) is 6.07 Å². The predicted octanol–water partition coefficient (Wildman–Crippen LogP) is 1.50. The summed E-state index contributed by atoms with van der Waals surface area (Å²) in [5.41, 5.74) is 0.870. The molecule has 0 bridgehead atoms. The van der Waals surface area contributed by atoms with Crippen LogP contribution in [0.5, 0.6) is 0 Å². The molecular formula is C16H19FN2O2. The Labute approximate surface area is 123 Å². The molecule has 4 nitrogen and oxygen atoms in total. The Kier molecular flexibility index (Phi) is 3.90. The average molecular weight is 290 g/mol. The predicted molar refractivity (Wildman–Crippen MR) is 76.0 cm³/mol. The van der Waals surface area contributed by atoms with Crippen LogP contribution in [-0.4, -0.2) is 35.8 Å². The van der Waals surface area contributed by atoms with E-state index < -0.39 is 0 Å². The molecule has 1 atom stereocenters. The van der Waals surface area contributed by atoms with Crippen molar-refractivity contribution >= 4 is 11.8 Å². The van der Waals surface area contributed by atoms with Crippen molar-refractivity contribution in [2.24, 2.45) is 5.92 Å². The number of nitrogens with zero attached hydrogens (tertiary/aromatic N) is 1. The summed E-state index contributed by atoms with van der Waals surface area (Å²) in [4.78, 5) is 25.9. The molecule has 1 aliphatic carbocycles. The molecule has 1 aromatic carbocycles. The third kappa shape index (κ3) is 3.40. The van der Waals surface area contributed by atoms with Crippen molar-refractivity contribution in [2.45, 2.75) is 31.7 Å². The van der Waals surface area contributed by atoms with Crippen LogP contribution < -0.4 is 5.32 Å². The first-order chi connectivity index (χ1) is 10.1. The lowest BCUT2D eigenvalue weighted by atomic mass is 10.1. The second-order valence-electron chi connectivity index (χ2n) is 5.84. The zero-order chi connectivity index (χ0) is 14.8. The number of hydrogen-bond acceptors (Lipinski definition) is 2. The number of amides is 2. The van der Waals surface area contributed by atoms with E-state index in [0.717, 1.165) is 18.4 Å². The number of carbonyl (C=O) groups excluding carboxylic acids is 2. The molecule has 1 N–H and O–H groups in total. The molecule has 1 unspecified atom stereocenters. The summed E-state index contributed by atoms with van der Waals surface area (Å²) in [6.07, 6.45) is 2.97. The van der Waals surface area contributed by atoms with Crippen LogP contribution in [0.2, 0.25) is 0 Å². The van der Waals surface area contributed by atoms with Gasteiger partial charge in [0.05, 0.1) is 0 Å². The van der Waals surface area contributed by atoms with Gasteiger partial charge in [0.1, 0.15) is 11.9 Å². The second kappa shape index (κ2) is 5.84. The van der Waals surface area contributed by atoms with Crippen molar-refractivity contribution in [3.05, 3.63) is 35.6 Å². The molecule has 21 heavy (non-hydrogen) atoms. The standard InChI is InChI=1S/C16H19FN2O2/c17-13-3-1-2-11(10-13)6-8-19-9-7-14(20)18-15(16(19)21)12-4-5-12/h1-3,10,12,15H,4-9H2,(H,18,20). The molecule has 2 aliphatic rings. The number of benzene rings is 1. The van der Waals surface area contributed by atoms with Gasteiger partial charge in [-0.1, -0.05) is 12.1 Å². The van der Waals surface area contributed by atoms with E-state index in [2.05, 4.69) is 5.32 Å². The zero-order valence-corrected chi connectivity index (χ0v) is 11.8. The highest BCUT2D eigenvalue weighted by atomic mass is 19.1. The lowest BCUT2D eigenvalue weighted by Gasteiger charge is -2.24. The summed E-state index contributed by atoms with van der Waals surface area (Å²) in [5, 5.41) is 2.84. The van der Waals surface area contributed by atoms with Crippen LogP contribution in [0.25, 0.3) is 0 Å². The minimum atomic E-state index is -0.354. The lowest BCUT2D eigenvalue weighted by molar-refractivity contribution is -0.134. The van der Waals surface area contributed by atoms with Crippen LogP contribution in [0.1, 0.15) is 24.8 Å². The largest absolute Gasteiger partial charge is 0.344 e. The number of hydrogen-bond donors (Lipinski definition) is 1. The third-order valence-corrected chi connectivity index (χ3v) is 4.16. The summed E-state index contributed by atoms with van der Waals surface area (Å²) >= 11 is 0. The van der Waals surface area contributed by atoms with Crippen molar-refractivity contribution in [3.8, 4) is 0 Å². The maximum Gasteiger partial charge on any atom is 0.245 e. The third-order valence-electron chi connectivity index (χ3n) is 4.16.